The Morgan fingerprint density at radius 3 is 2.71 bits per heavy atom. The van der Waals surface area contributed by atoms with Crippen LogP contribution in [0.4, 0.5) is 0 Å². The summed E-state index contributed by atoms with van der Waals surface area (Å²) in [4.78, 5) is 16.0. The molecule has 1 heterocycles. The largest absolute Gasteiger partial charge is 0.383 e. The van der Waals surface area contributed by atoms with Gasteiger partial charge in [0, 0.05) is 38.5 Å². The van der Waals surface area contributed by atoms with Crippen molar-refractivity contribution in [1.29, 1.82) is 0 Å². The van der Waals surface area contributed by atoms with E-state index in [1.54, 1.807) is 0 Å². The molecular weight excluding hydrogens is 176 g/mol. The molecule has 2 aliphatic rings. The summed E-state index contributed by atoms with van der Waals surface area (Å²) in [7, 11) is 3.94. The van der Waals surface area contributed by atoms with Crippen molar-refractivity contribution >= 4 is 5.91 Å². The van der Waals surface area contributed by atoms with Crippen LogP contribution >= 0.6 is 0 Å². The SMILES string of the molecule is CN(C)/C=C1\CCCN(C2CC2)C1=O. The van der Waals surface area contributed by atoms with Crippen LogP contribution in [0.5, 0.6) is 0 Å². The minimum Gasteiger partial charge on any atom is -0.383 e. The Hall–Kier alpha value is -0.990. The fraction of sp³-hybridized carbons (Fsp3) is 0.727. The normalized spacial score (nSPS) is 25.7. The van der Waals surface area contributed by atoms with Gasteiger partial charge in [-0.2, -0.15) is 0 Å². The molecule has 3 nitrogen and oxygen atoms in total. The topological polar surface area (TPSA) is 23.6 Å². The van der Waals surface area contributed by atoms with Crippen molar-refractivity contribution in [3.8, 4) is 0 Å². The van der Waals surface area contributed by atoms with Gasteiger partial charge >= 0.3 is 0 Å². The molecule has 0 bridgehead atoms. The maximum Gasteiger partial charge on any atom is 0.251 e. The van der Waals surface area contributed by atoms with Crippen LogP contribution in [0.3, 0.4) is 0 Å². The fourth-order valence-corrected chi connectivity index (χ4v) is 2.00. The second kappa shape index (κ2) is 3.64. The molecule has 1 aliphatic carbocycles. The molecule has 14 heavy (non-hydrogen) atoms. The quantitative estimate of drug-likeness (QED) is 0.617. The summed E-state index contributed by atoms with van der Waals surface area (Å²) in [6.45, 7) is 0.967. The minimum absolute atomic E-state index is 0.271. The molecule has 1 amide bonds. The second-order valence-electron chi connectivity index (χ2n) is 4.45. The lowest BCUT2D eigenvalue weighted by Gasteiger charge is -2.29. The van der Waals surface area contributed by atoms with Crippen LogP contribution in [0.25, 0.3) is 0 Å². The Morgan fingerprint density at radius 1 is 1.43 bits per heavy atom. The molecule has 2 fully saturated rings. The molecule has 1 saturated carbocycles. The predicted molar refractivity (Wildman–Crippen MR) is 55.7 cm³/mol. The van der Waals surface area contributed by atoms with Crippen LogP contribution in [-0.2, 0) is 4.79 Å². The molecule has 0 N–H and O–H groups in total. The smallest absolute Gasteiger partial charge is 0.251 e. The van der Waals surface area contributed by atoms with Gasteiger partial charge in [0.25, 0.3) is 5.91 Å². The summed E-state index contributed by atoms with van der Waals surface area (Å²) in [5.74, 6) is 0.271. The first-order valence-electron chi connectivity index (χ1n) is 5.36. The maximum absolute atomic E-state index is 12.0. The van der Waals surface area contributed by atoms with Crippen molar-refractivity contribution < 1.29 is 4.79 Å². The Bertz CT molecular complexity index is 266. The van der Waals surface area contributed by atoms with Crippen molar-refractivity contribution in [2.45, 2.75) is 31.7 Å². The van der Waals surface area contributed by atoms with Gasteiger partial charge in [-0.05, 0) is 25.7 Å². The molecule has 1 saturated heterocycles. The summed E-state index contributed by atoms with van der Waals surface area (Å²) in [6, 6.07) is 0.563. The lowest BCUT2D eigenvalue weighted by molar-refractivity contribution is -0.129. The van der Waals surface area contributed by atoms with Crippen LogP contribution < -0.4 is 0 Å². The summed E-state index contributed by atoms with van der Waals surface area (Å²) >= 11 is 0. The van der Waals surface area contributed by atoms with Crippen molar-refractivity contribution in [1.82, 2.24) is 9.80 Å². The number of rotatable bonds is 2. The highest BCUT2D eigenvalue weighted by atomic mass is 16.2. The highest BCUT2D eigenvalue weighted by molar-refractivity contribution is 5.94. The van der Waals surface area contributed by atoms with Crippen molar-refractivity contribution in [3.63, 3.8) is 0 Å². The first-order valence-corrected chi connectivity index (χ1v) is 5.36. The van der Waals surface area contributed by atoms with E-state index in [9.17, 15) is 4.79 Å². The van der Waals surface area contributed by atoms with E-state index in [4.69, 9.17) is 0 Å². The standard InChI is InChI=1S/C11H18N2O/c1-12(2)8-9-4-3-7-13(11(9)14)10-5-6-10/h8,10H,3-7H2,1-2H3/b9-8+. The van der Waals surface area contributed by atoms with Gasteiger partial charge in [-0.1, -0.05) is 0 Å². The highest BCUT2D eigenvalue weighted by Crippen LogP contribution is 2.31. The number of piperidine rings is 1. The maximum atomic E-state index is 12.0. The molecule has 2 rings (SSSR count). The van der Waals surface area contributed by atoms with Gasteiger partial charge in [-0.15, -0.1) is 0 Å². The van der Waals surface area contributed by atoms with E-state index >= 15 is 0 Å². The Balaban J connectivity index is 2.08. The summed E-state index contributed by atoms with van der Waals surface area (Å²) in [5.41, 5.74) is 0.980. The first kappa shape index (κ1) is 9.56. The lowest BCUT2D eigenvalue weighted by atomic mass is 10.0. The molecule has 0 unspecified atom stereocenters. The van der Waals surface area contributed by atoms with Crippen LogP contribution in [0.15, 0.2) is 11.8 Å². The molecule has 0 aromatic rings. The average molecular weight is 194 g/mol. The van der Waals surface area contributed by atoms with Crippen LogP contribution in [0.2, 0.25) is 0 Å². The molecule has 0 spiro atoms. The summed E-state index contributed by atoms with van der Waals surface area (Å²) in [5, 5.41) is 0. The zero-order valence-corrected chi connectivity index (χ0v) is 8.99. The van der Waals surface area contributed by atoms with E-state index in [0.29, 0.717) is 6.04 Å². The molecular formula is C11H18N2O. The average Bonchev–Trinajstić information content (AvgIpc) is 2.91. The molecule has 0 atom stereocenters. The Morgan fingerprint density at radius 2 is 2.14 bits per heavy atom. The summed E-state index contributed by atoms with van der Waals surface area (Å²) in [6.07, 6.45) is 6.46. The van der Waals surface area contributed by atoms with E-state index in [1.807, 2.05) is 25.2 Å². The lowest BCUT2D eigenvalue weighted by Crippen LogP contribution is -2.38. The highest BCUT2D eigenvalue weighted by Gasteiger charge is 2.35. The van der Waals surface area contributed by atoms with E-state index in [0.717, 1.165) is 25.0 Å². The van der Waals surface area contributed by atoms with Crippen molar-refractivity contribution in [3.05, 3.63) is 11.8 Å². The fourth-order valence-electron chi connectivity index (χ4n) is 2.00. The third-order valence-corrected chi connectivity index (χ3v) is 2.78. The number of carbonyl (C=O) groups is 1. The van der Waals surface area contributed by atoms with Crippen LogP contribution in [0.1, 0.15) is 25.7 Å². The number of likely N-dealkylation sites (tertiary alicyclic amines) is 1. The molecule has 0 aromatic carbocycles. The Kier molecular flexibility index (Phi) is 2.48. The van der Waals surface area contributed by atoms with E-state index < -0.39 is 0 Å². The molecule has 1 aliphatic heterocycles. The van der Waals surface area contributed by atoms with Crippen LogP contribution in [-0.4, -0.2) is 42.4 Å². The number of nitrogens with zero attached hydrogens (tertiary/aromatic N) is 2. The van der Waals surface area contributed by atoms with Crippen molar-refractivity contribution in [2.24, 2.45) is 0 Å². The van der Waals surface area contributed by atoms with Gasteiger partial charge in [0.05, 0.1) is 0 Å². The van der Waals surface area contributed by atoms with Gasteiger partial charge in [0.1, 0.15) is 0 Å². The van der Waals surface area contributed by atoms with Gasteiger partial charge < -0.3 is 9.80 Å². The first-order chi connectivity index (χ1) is 6.68. The number of hydrogen-bond donors (Lipinski definition) is 0. The molecule has 0 radical (unpaired) electrons. The van der Waals surface area contributed by atoms with E-state index in [-0.39, 0.29) is 5.91 Å². The van der Waals surface area contributed by atoms with Gasteiger partial charge in [-0.3, -0.25) is 4.79 Å². The molecule has 3 heteroatoms. The zero-order chi connectivity index (χ0) is 10.1. The Labute approximate surface area is 85.4 Å². The van der Waals surface area contributed by atoms with Crippen LogP contribution in [0, 0.1) is 0 Å². The van der Waals surface area contributed by atoms with Gasteiger partial charge in [0.15, 0.2) is 0 Å². The third kappa shape index (κ3) is 1.91. The third-order valence-electron chi connectivity index (χ3n) is 2.78. The van der Waals surface area contributed by atoms with Gasteiger partial charge in [0.2, 0.25) is 0 Å². The molecule has 0 aromatic heterocycles. The zero-order valence-electron chi connectivity index (χ0n) is 8.99. The van der Waals surface area contributed by atoms with Crippen molar-refractivity contribution in [2.75, 3.05) is 20.6 Å². The minimum atomic E-state index is 0.271. The number of amides is 1. The number of carbonyl (C=O) groups excluding carboxylic acids is 1. The molecule has 78 valence electrons. The second-order valence-corrected chi connectivity index (χ2v) is 4.45. The van der Waals surface area contributed by atoms with Gasteiger partial charge in [-0.25, -0.2) is 0 Å². The summed E-state index contributed by atoms with van der Waals surface area (Å²) < 4.78 is 0. The number of hydrogen-bond acceptors (Lipinski definition) is 2. The van der Waals surface area contributed by atoms with E-state index in [1.165, 1.54) is 12.8 Å². The predicted octanol–water partition coefficient (Wildman–Crippen LogP) is 1.22. The van der Waals surface area contributed by atoms with E-state index in [2.05, 4.69) is 4.90 Å². The monoisotopic (exact) mass is 194 g/mol.